The van der Waals surface area contributed by atoms with Crippen LogP contribution in [0.4, 0.5) is 0 Å². The molecule has 0 aromatic heterocycles. The number of aliphatic hydroxyl groups excluding tert-OH is 5. The van der Waals surface area contributed by atoms with Crippen molar-refractivity contribution in [1.29, 1.82) is 0 Å². The third-order valence-corrected chi connectivity index (χ3v) is 19.9. The number of carboxylic acids is 6. The fourth-order valence-corrected chi connectivity index (χ4v) is 14.5. The minimum atomic E-state index is -2.05. The molecule has 7 rings (SSSR count). The van der Waals surface area contributed by atoms with E-state index in [9.17, 15) is 74.4 Å². The van der Waals surface area contributed by atoms with E-state index in [1.807, 2.05) is 33.1 Å². The molecule has 25 nitrogen and oxygen atoms in total. The van der Waals surface area contributed by atoms with Crippen LogP contribution in [0.5, 0.6) is 0 Å². The number of ketones is 1. The number of nitrogens with two attached hydrogens (primary N) is 3. The second-order valence-corrected chi connectivity index (χ2v) is 25.4. The molecular formula is C52H85N3O22S2. The molecule has 7 aliphatic rings. The first-order valence-corrected chi connectivity index (χ1v) is 28.4. The molecule has 0 unspecified atom stereocenters. The van der Waals surface area contributed by atoms with Crippen molar-refractivity contribution >= 4 is 66.0 Å². The highest BCUT2D eigenvalue weighted by Gasteiger charge is 2.71. The average Bonchev–Trinajstić information content (AvgIpc) is 3.57. The second-order valence-electron chi connectivity index (χ2n) is 24.1. The Labute approximate surface area is 468 Å². The maximum absolute atomic E-state index is 14.8. The van der Waals surface area contributed by atoms with Gasteiger partial charge in [0.25, 0.3) is 0 Å². The van der Waals surface area contributed by atoms with Gasteiger partial charge in [0, 0.05) is 11.7 Å². The van der Waals surface area contributed by atoms with Gasteiger partial charge in [-0.2, -0.15) is 24.4 Å². The first-order chi connectivity index (χ1) is 36.4. The summed E-state index contributed by atoms with van der Waals surface area (Å²) in [5, 5.41) is 107. The number of hydrogen-bond donors (Lipinski definition) is 15. The topological polar surface area (TPSA) is 457 Å². The van der Waals surface area contributed by atoms with Gasteiger partial charge in [-0.15, -0.1) is 0 Å². The number of hydrogen-bond acceptors (Lipinski definition) is 21. The molecule has 0 amide bonds. The summed E-state index contributed by atoms with van der Waals surface area (Å²) in [5.41, 5.74) is 12.9. The molecule has 17 N–H and O–H groups in total. The van der Waals surface area contributed by atoms with Crippen molar-refractivity contribution in [2.75, 3.05) is 24.3 Å². The van der Waals surface area contributed by atoms with Crippen LogP contribution < -0.4 is 17.2 Å². The summed E-state index contributed by atoms with van der Waals surface area (Å²) >= 11 is 5.25. The van der Waals surface area contributed by atoms with Gasteiger partial charge in [0.1, 0.15) is 48.7 Å². The average molecular weight is 1170 g/mol. The summed E-state index contributed by atoms with van der Waals surface area (Å²) < 4.78 is 23.4. The van der Waals surface area contributed by atoms with Gasteiger partial charge in [-0.1, -0.05) is 47.1 Å². The molecule has 0 bridgehead atoms. The van der Waals surface area contributed by atoms with Crippen molar-refractivity contribution in [2.24, 2.45) is 67.4 Å². The van der Waals surface area contributed by atoms with E-state index < -0.39 is 137 Å². The summed E-state index contributed by atoms with van der Waals surface area (Å²) in [7, 11) is 0. The third-order valence-electron chi connectivity index (χ3n) is 18.9. The molecule has 79 heavy (non-hydrogen) atoms. The lowest BCUT2D eigenvalue weighted by Crippen LogP contribution is -2.68. The third kappa shape index (κ3) is 13.8. The monoisotopic (exact) mass is 1170 g/mol. The van der Waals surface area contributed by atoms with Gasteiger partial charge < -0.3 is 92.3 Å². The van der Waals surface area contributed by atoms with E-state index in [0.717, 1.165) is 43.4 Å². The van der Waals surface area contributed by atoms with E-state index in [1.54, 1.807) is 11.8 Å². The smallest absolute Gasteiger partial charge is 0.335 e. The SMILES string of the molecule is CC1(C)[C@@H](O[C@H]2O[C@H](C(=O)O)[C@@H](O)[C@H](O)[C@H]2O[C@@H]2O[C@H](C(=O)O)[C@H](O)[C@H](O)[C@H]2O)CC[C@]2(C)[C@H]3C(=O)C=C4[C@@H]5C[C@@](C)(C(=O)O)CC[C@]5(C)CC[C@@]4(C)[C@]3(C)CC[C@@H]12.CSCC[C@H](N)C(=O)O.NCC(=O)O.N[C@@H](CS)C(=O)O. The normalized spacial score (nSPS) is 41.7. The Morgan fingerprint density at radius 1 is 0.722 bits per heavy atom. The molecule has 5 aliphatic carbocycles. The summed E-state index contributed by atoms with van der Waals surface area (Å²) in [6, 6.07) is -1.50. The number of carbonyl (C=O) groups excluding carboxylic acids is 1. The van der Waals surface area contributed by atoms with Crippen molar-refractivity contribution in [3.8, 4) is 0 Å². The number of allylic oxidation sites excluding steroid dienone is 2. The lowest BCUT2D eigenvalue weighted by molar-refractivity contribution is -0.371. The van der Waals surface area contributed by atoms with Crippen LogP contribution in [-0.4, -0.2) is 202 Å². The molecule has 0 aromatic carbocycles. The highest BCUT2D eigenvalue weighted by Crippen LogP contribution is 2.75. The summed E-state index contributed by atoms with van der Waals surface area (Å²) in [5.74, 6) is -6.35. The molecule has 452 valence electrons. The highest BCUT2D eigenvalue weighted by molar-refractivity contribution is 7.98. The summed E-state index contributed by atoms with van der Waals surface area (Å²) in [6.07, 6.45) is -9.77. The first-order valence-electron chi connectivity index (χ1n) is 26.4. The molecule has 2 saturated heterocycles. The number of aliphatic carboxylic acids is 6. The fourth-order valence-electron chi connectivity index (χ4n) is 13.8. The standard InChI is InChI=1S/C42H62O16.C5H11NO2S.C3H7NO2S.C2H5NO2/c1-37(2)21-8-11-42(7)31(20(43)16-18-19-17-39(4,36(53)54)13-12-38(19,3)14-15-41(18,42)6)40(21,5)10-9-22(37)55-35-30(26(47)25(46)29(57-35)33(51)52)58-34-27(48)23(44)24(45)28(56-34)32(49)50;1-9-3-2-4(6)5(7)8;4-2(1-7)3(5)6;3-1-2(4)5/h16,19,21-31,34-35,44-48H,8-15,17H2,1-7H3,(H,49,50)(H,51,52)(H,53,54);4H,2-3,6H2,1H3,(H,7,8);2,7H,1,4H2,(H,5,6);1,3H2,(H,4,5)/t19-,21-,22-,23-,24+,25-,26-,27+,28-,29-,30+,31+,34-,35-,38+,39-,40-,41+,42+;4-;2-;/m000./s1. The van der Waals surface area contributed by atoms with E-state index in [4.69, 9.17) is 45.7 Å². The van der Waals surface area contributed by atoms with Crippen LogP contribution in [-0.2, 0) is 52.5 Å². The lowest BCUT2D eigenvalue weighted by Gasteiger charge is -2.70. The van der Waals surface area contributed by atoms with Crippen molar-refractivity contribution in [3.05, 3.63) is 11.6 Å². The predicted molar refractivity (Wildman–Crippen MR) is 284 cm³/mol. The number of fused-ring (bicyclic) bond motifs is 7. The Kier molecular flexibility index (Phi) is 22.7. The molecule has 6 fully saturated rings. The molecule has 27 heteroatoms. The van der Waals surface area contributed by atoms with E-state index in [2.05, 4.69) is 46.1 Å². The van der Waals surface area contributed by atoms with E-state index in [1.165, 1.54) is 0 Å². The zero-order valence-electron chi connectivity index (χ0n) is 46.0. The number of carbonyl (C=O) groups is 7. The maximum atomic E-state index is 14.8. The zero-order chi connectivity index (χ0) is 60.3. The van der Waals surface area contributed by atoms with Gasteiger partial charge in [0.05, 0.1) is 18.1 Å². The number of carboxylic acid groups (broad SMARTS) is 6. The Bertz CT molecular complexity index is 2260. The van der Waals surface area contributed by atoms with E-state index in [-0.39, 0.29) is 46.7 Å². The predicted octanol–water partition coefficient (Wildman–Crippen LogP) is 0.755. The van der Waals surface area contributed by atoms with Crippen LogP contribution in [0.2, 0.25) is 0 Å². The number of rotatable bonds is 14. The Hall–Kier alpha value is -3.55. The zero-order valence-corrected chi connectivity index (χ0v) is 47.7. The van der Waals surface area contributed by atoms with E-state index in [0.29, 0.717) is 32.1 Å². The molecule has 21 atom stereocenters. The van der Waals surface area contributed by atoms with Crippen molar-refractivity contribution < 1.29 is 109 Å². The van der Waals surface area contributed by atoms with Gasteiger partial charge in [0.15, 0.2) is 30.6 Å². The number of thiol groups is 1. The fraction of sp³-hybridized carbons (Fsp3) is 0.827. The quantitative estimate of drug-likeness (QED) is 0.0843. The van der Waals surface area contributed by atoms with Gasteiger partial charge in [0.2, 0.25) is 0 Å². The Morgan fingerprint density at radius 2 is 1.25 bits per heavy atom. The minimum Gasteiger partial charge on any atom is -0.481 e. The highest BCUT2D eigenvalue weighted by atomic mass is 32.2. The molecule has 0 radical (unpaired) electrons. The van der Waals surface area contributed by atoms with E-state index >= 15 is 0 Å². The van der Waals surface area contributed by atoms with Crippen LogP contribution in [0.3, 0.4) is 0 Å². The first kappa shape index (κ1) is 68.0. The van der Waals surface area contributed by atoms with Crippen LogP contribution in [0.15, 0.2) is 11.6 Å². The molecule has 4 saturated carbocycles. The Morgan fingerprint density at radius 3 is 1.73 bits per heavy atom. The van der Waals surface area contributed by atoms with Crippen LogP contribution in [0.1, 0.15) is 113 Å². The molecule has 2 heterocycles. The molecule has 2 aliphatic heterocycles. The van der Waals surface area contributed by atoms with Gasteiger partial charge in [-0.25, -0.2) is 9.59 Å². The number of aliphatic hydroxyl groups is 5. The molecule has 0 aromatic rings. The van der Waals surface area contributed by atoms with Crippen LogP contribution in [0, 0.1) is 50.2 Å². The van der Waals surface area contributed by atoms with Crippen molar-refractivity contribution in [2.45, 2.75) is 192 Å². The van der Waals surface area contributed by atoms with Crippen molar-refractivity contribution in [3.63, 3.8) is 0 Å². The lowest BCUT2D eigenvalue weighted by atomic mass is 9.33. The second kappa shape index (κ2) is 26.4. The van der Waals surface area contributed by atoms with Crippen LogP contribution in [0.25, 0.3) is 0 Å². The maximum Gasteiger partial charge on any atom is 0.335 e. The van der Waals surface area contributed by atoms with Crippen LogP contribution >= 0.6 is 24.4 Å². The summed E-state index contributed by atoms with van der Waals surface area (Å²) in [4.78, 5) is 80.4. The van der Waals surface area contributed by atoms with Gasteiger partial charge >= 0.3 is 35.8 Å². The number of thioether (sulfide) groups is 1. The van der Waals surface area contributed by atoms with Crippen molar-refractivity contribution in [1.82, 2.24) is 0 Å². The Balaban J connectivity index is 0.000000541. The summed E-state index contributed by atoms with van der Waals surface area (Å²) in [6.45, 7) is 14.6. The molecule has 0 spiro atoms. The number of ether oxygens (including phenoxy) is 4. The largest absolute Gasteiger partial charge is 0.481 e. The minimum absolute atomic E-state index is 0.0217. The van der Waals surface area contributed by atoms with Gasteiger partial charge in [-0.05, 0) is 128 Å². The molecular weight excluding hydrogens is 1080 g/mol. The van der Waals surface area contributed by atoms with Gasteiger partial charge in [-0.3, -0.25) is 24.0 Å².